The highest BCUT2D eigenvalue weighted by molar-refractivity contribution is 8.00. The smallest absolute Gasteiger partial charge is 0.297 e. The molecule has 0 radical (unpaired) electrons. The molecule has 21 heavy (non-hydrogen) atoms. The molecule has 0 bridgehead atoms. The molecule has 1 aromatic heterocycles. The third-order valence-corrected chi connectivity index (χ3v) is 6.10. The summed E-state index contributed by atoms with van der Waals surface area (Å²) in [5.74, 6) is -0.00955. The Labute approximate surface area is 134 Å². The van der Waals surface area contributed by atoms with Crippen LogP contribution in [0.25, 0.3) is 0 Å². The fraction of sp³-hybridized carbons (Fsp3) is 0.733. The van der Waals surface area contributed by atoms with Crippen LogP contribution in [-0.4, -0.2) is 20.6 Å². The van der Waals surface area contributed by atoms with Crippen molar-refractivity contribution in [2.45, 2.75) is 63.2 Å². The van der Waals surface area contributed by atoms with E-state index < -0.39 is 5.69 Å². The second-order valence-electron chi connectivity index (χ2n) is 6.15. The summed E-state index contributed by atoms with van der Waals surface area (Å²) in [5.41, 5.74) is -0.130. The fourth-order valence-electron chi connectivity index (χ4n) is 3.12. The summed E-state index contributed by atoms with van der Waals surface area (Å²) >= 11 is 7.82. The zero-order valence-corrected chi connectivity index (χ0v) is 14.4. The van der Waals surface area contributed by atoms with E-state index in [2.05, 4.69) is 11.2 Å². The number of aromatic amines is 1. The Balaban J connectivity index is 2.47. The van der Waals surface area contributed by atoms with E-state index in [9.17, 15) is 9.59 Å². The van der Waals surface area contributed by atoms with Crippen molar-refractivity contribution in [3.8, 4) is 0 Å². The Morgan fingerprint density at radius 1 is 1.29 bits per heavy atom. The van der Waals surface area contributed by atoms with E-state index in [0.717, 1.165) is 25.7 Å². The maximum Gasteiger partial charge on any atom is 0.329 e. The summed E-state index contributed by atoms with van der Waals surface area (Å²) in [5, 5.41) is 0.179. The van der Waals surface area contributed by atoms with Crippen molar-refractivity contribution in [2.24, 2.45) is 0 Å². The van der Waals surface area contributed by atoms with E-state index in [-0.39, 0.29) is 21.4 Å². The van der Waals surface area contributed by atoms with Gasteiger partial charge in [0.2, 0.25) is 0 Å². The molecule has 0 amide bonds. The standard InChI is InChI=1S/C15H23ClN2O2S/c1-10(2)11-12(16)17-14(20)18(13(11)19)9-15(21-3)7-5-4-6-8-15/h10H,4-9H2,1-3H3,(H,17,20). The molecule has 1 saturated carbocycles. The predicted molar refractivity (Wildman–Crippen MR) is 89.8 cm³/mol. The van der Waals surface area contributed by atoms with E-state index in [1.54, 1.807) is 11.8 Å². The topological polar surface area (TPSA) is 54.9 Å². The lowest BCUT2D eigenvalue weighted by atomic mass is 9.88. The average molecular weight is 331 g/mol. The third kappa shape index (κ3) is 3.39. The van der Waals surface area contributed by atoms with Gasteiger partial charge in [-0.15, -0.1) is 0 Å². The van der Waals surface area contributed by atoms with Gasteiger partial charge in [-0.25, -0.2) is 4.79 Å². The van der Waals surface area contributed by atoms with Gasteiger partial charge < -0.3 is 0 Å². The van der Waals surface area contributed by atoms with Gasteiger partial charge in [-0.2, -0.15) is 11.8 Å². The molecule has 0 aromatic carbocycles. The molecule has 1 fully saturated rings. The van der Waals surface area contributed by atoms with Crippen LogP contribution in [0.3, 0.4) is 0 Å². The van der Waals surface area contributed by atoms with Gasteiger partial charge in [0.1, 0.15) is 5.15 Å². The molecule has 1 aromatic rings. The largest absolute Gasteiger partial charge is 0.329 e. The molecule has 118 valence electrons. The van der Waals surface area contributed by atoms with Crippen molar-refractivity contribution >= 4 is 23.4 Å². The Hall–Kier alpha value is -0.680. The first-order valence-corrected chi connectivity index (χ1v) is 9.08. The molecular weight excluding hydrogens is 308 g/mol. The van der Waals surface area contributed by atoms with E-state index in [1.165, 1.54) is 11.0 Å². The van der Waals surface area contributed by atoms with E-state index >= 15 is 0 Å². The van der Waals surface area contributed by atoms with Gasteiger partial charge in [-0.05, 0) is 25.0 Å². The molecule has 0 unspecified atom stereocenters. The van der Waals surface area contributed by atoms with E-state index in [1.807, 2.05) is 13.8 Å². The summed E-state index contributed by atoms with van der Waals surface area (Å²) in [7, 11) is 0. The molecular formula is C15H23ClN2O2S. The monoisotopic (exact) mass is 330 g/mol. The van der Waals surface area contributed by atoms with E-state index in [4.69, 9.17) is 11.6 Å². The maximum absolute atomic E-state index is 12.6. The van der Waals surface area contributed by atoms with Crippen LogP contribution in [0.4, 0.5) is 0 Å². The number of halogens is 1. The van der Waals surface area contributed by atoms with Crippen LogP contribution in [0.5, 0.6) is 0 Å². The minimum Gasteiger partial charge on any atom is -0.297 e. The number of aromatic nitrogens is 2. The first kappa shape index (κ1) is 16.7. The number of hydrogen-bond donors (Lipinski definition) is 1. The Morgan fingerprint density at radius 2 is 1.90 bits per heavy atom. The lowest BCUT2D eigenvalue weighted by molar-refractivity contribution is 0.349. The molecule has 1 aliphatic carbocycles. The van der Waals surface area contributed by atoms with Crippen molar-refractivity contribution in [1.29, 1.82) is 0 Å². The highest BCUT2D eigenvalue weighted by atomic mass is 35.5. The summed E-state index contributed by atoms with van der Waals surface area (Å²) in [6.45, 7) is 4.30. The van der Waals surface area contributed by atoms with Gasteiger partial charge in [0.25, 0.3) is 5.56 Å². The van der Waals surface area contributed by atoms with Gasteiger partial charge in [0, 0.05) is 11.3 Å². The summed E-state index contributed by atoms with van der Waals surface area (Å²) in [6, 6.07) is 0. The van der Waals surface area contributed by atoms with E-state index in [0.29, 0.717) is 12.1 Å². The summed E-state index contributed by atoms with van der Waals surface area (Å²) in [6.07, 6.45) is 7.75. The number of rotatable bonds is 4. The molecule has 4 nitrogen and oxygen atoms in total. The van der Waals surface area contributed by atoms with Gasteiger partial charge in [0.05, 0.1) is 5.56 Å². The first-order chi connectivity index (χ1) is 9.90. The minimum absolute atomic E-state index is 0.00282. The van der Waals surface area contributed by atoms with Gasteiger partial charge in [-0.3, -0.25) is 14.3 Å². The number of hydrogen-bond acceptors (Lipinski definition) is 3. The molecule has 0 atom stereocenters. The predicted octanol–water partition coefficient (Wildman–Crippen LogP) is 3.38. The van der Waals surface area contributed by atoms with Crippen LogP contribution in [-0.2, 0) is 6.54 Å². The first-order valence-electron chi connectivity index (χ1n) is 7.48. The maximum atomic E-state index is 12.6. The Kier molecular flexibility index (Phi) is 5.25. The minimum atomic E-state index is -0.395. The van der Waals surface area contributed by atoms with Gasteiger partial charge in [0.15, 0.2) is 0 Å². The Morgan fingerprint density at radius 3 is 2.43 bits per heavy atom. The fourth-order valence-corrected chi connectivity index (χ4v) is 4.45. The van der Waals surface area contributed by atoms with Crippen LogP contribution in [0.2, 0.25) is 5.15 Å². The van der Waals surface area contributed by atoms with Gasteiger partial charge in [-0.1, -0.05) is 44.7 Å². The normalized spacial score (nSPS) is 18.1. The highest BCUT2D eigenvalue weighted by Crippen LogP contribution is 2.39. The lowest BCUT2D eigenvalue weighted by Crippen LogP contribution is -2.45. The van der Waals surface area contributed by atoms with Crippen molar-refractivity contribution < 1.29 is 0 Å². The summed E-state index contributed by atoms with van der Waals surface area (Å²) < 4.78 is 1.35. The quantitative estimate of drug-likeness (QED) is 0.861. The number of nitrogens with zero attached hydrogens (tertiary/aromatic N) is 1. The molecule has 0 aliphatic heterocycles. The number of H-pyrrole nitrogens is 1. The molecule has 0 saturated heterocycles. The van der Waals surface area contributed by atoms with Crippen molar-refractivity contribution in [3.63, 3.8) is 0 Å². The molecule has 6 heteroatoms. The number of thioether (sulfide) groups is 1. The average Bonchev–Trinajstić information content (AvgIpc) is 2.44. The lowest BCUT2D eigenvalue weighted by Gasteiger charge is -2.36. The Bertz CT molecular complexity index is 615. The molecule has 1 heterocycles. The van der Waals surface area contributed by atoms with Crippen molar-refractivity contribution in [3.05, 3.63) is 31.6 Å². The van der Waals surface area contributed by atoms with Crippen molar-refractivity contribution in [1.82, 2.24) is 9.55 Å². The van der Waals surface area contributed by atoms with Crippen molar-refractivity contribution in [2.75, 3.05) is 6.26 Å². The second-order valence-corrected chi connectivity index (χ2v) is 7.80. The molecule has 1 N–H and O–H groups in total. The molecule has 0 spiro atoms. The zero-order chi connectivity index (χ0) is 15.6. The highest BCUT2D eigenvalue weighted by Gasteiger charge is 2.33. The second kappa shape index (κ2) is 6.61. The SMILES string of the molecule is CSC1(Cn2c(=O)[nH]c(Cl)c(C(C)C)c2=O)CCCCC1. The molecule has 2 rings (SSSR count). The van der Waals surface area contributed by atoms with Crippen LogP contribution in [0.1, 0.15) is 57.4 Å². The van der Waals surface area contributed by atoms with Crippen LogP contribution >= 0.6 is 23.4 Å². The zero-order valence-electron chi connectivity index (χ0n) is 12.9. The molecule has 1 aliphatic rings. The van der Waals surface area contributed by atoms with Gasteiger partial charge >= 0.3 is 5.69 Å². The summed E-state index contributed by atoms with van der Waals surface area (Å²) in [4.78, 5) is 27.4. The number of nitrogens with one attached hydrogen (secondary N) is 1. The van der Waals surface area contributed by atoms with Crippen LogP contribution in [0, 0.1) is 0 Å². The van der Waals surface area contributed by atoms with Crippen LogP contribution < -0.4 is 11.2 Å². The van der Waals surface area contributed by atoms with Crippen LogP contribution in [0.15, 0.2) is 9.59 Å². The third-order valence-electron chi connectivity index (χ3n) is 4.40.